The van der Waals surface area contributed by atoms with E-state index < -0.39 is 25.5 Å². The summed E-state index contributed by atoms with van der Waals surface area (Å²) in [5.41, 5.74) is -0.132. The van der Waals surface area contributed by atoms with Gasteiger partial charge in [0, 0.05) is 13.0 Å². The normalized spacial score (nSPS) is 11.2. The minimum Gasteiger partial charge on any atom is -0.294 e. The van der Waals surface area contributed by atoms with Crippen LogP contribution in [-0.2, 0) is 10.0 Å². The van der Waals surface area contributed by atoms with Gasteiger partial charge >= 0.3 is 0 Å². The molecule has 0 saturated heterocycles. The van der Waals surface area contributed by atoms with Crippen LogP contribution in [0.5, 0.6) is 0 Å². The molecule has 0 fully saturated rings. The van der Waals surface area contributed by atoms with Crippen molar-refractivity contribution in [2.24, 2.45) is 0 Å². The number of aryl methyl sites for hydroxylation is 1. The maximum Gasteiger partial charge on any atom is 0.289 e. The molecule has 2 aromatic rings. The van der Waals surface area contributed by atoms with E-state index in [1.807, 2.05) is 0 Å². The second-order valence-corrected chi connectivity index (χ2v) is 6.97. The highest BCUT2D eigenvalue weighted by molar-refractivity contribution is 7.93. The van der Waals surface area contributed by atoms with E-state index in [0.29, 0.717) is 10.6 Å². The SMILES string of the molecule is CC(=O)c1sc(NS(=O)(=O)c2ccccc2[N+](=O)[O-])nc1C. The van der Waals surface area contributed by atoms with Gasteiger partial charge in [0.25, 0.3) is 15.7 Å². The van der Waals surface area contributed by atoms with Gasteiger partial charge in [-0.25, -0.2) is 13.4 Å². The Morgan fingerprint density at radius 2 is 2.00 bits per heavy atom. The third-order valence-electron chi connectivity index (χ3n) is 2.69. The van der Waals surface area contributed by atoms with Crippen molar-refractivity contribution >= 4 is 38.0 Å². The van der Waals surface area contributed by atoms with Crippen LogP contribution in [0.3, 0.4) is 0 Å². The smallest absolute Gasteiger partial charge is 0.289 e. The zero-order valence-electron chi connectivity index (χ0n) is 11.6. The van der Waals surface area contributed by atoms with E-state index in [1.54, 1.807) is 6.92 Å². The fraction of sp³-hybridized carbons (Fsp3) is 0.167. The predicted octanol–water partition coefficient (Wildman–Crippen LogP) is 2.36. The number of hydrogen-bond acceptors (Lipinski definition) is 7. The number of anilines is 1. The highest BCUT2D eigenvalue weighted by atomic mass is 32.2. The molecule has 1 N–H and O–H groups in total. The summed E-state index contributed by atoms with van der Waals surface area (Å²) >= 11 is 0.883. The monoisotopic (exact) mass is 341 g/mol. The predicted molar refractivity (Wildman–Crippen MR) is 80.8 cm³/mol. The first-order valence-electron chi connectivity index (χ1n) is 5.97. The number of para-hydroxylation sites is 1. The number of nitrogens with zero attached hydrogens (tertiary/aromatic N) is 2. The molecule has 0 atom stereocenters. The lowest BCUT2D eigenvalue weighted by Crippen LogP contribution is -2.14. The van der Waals surface area contributed by atoms with E-state index in [4.69, 9.17) is 0 Å². The number of nitro groups is 1. The molecule has 0 aliphatic rings. The second kappa shape index (κ2) is 5.81. The van der Waals surface area contributed by atoms with E-state index in [2.05, 4.69) is 9.71 Å². The fourth-order valence-corrected chi connectivity index (χ4v) is 4.04. The van der Waals surface area contributed by atoms with Gasteiger partial charge < -0.3 is 0 Å². The van der Waals surface area contributed by atoms with Crippen LogP contribution in [0.2, 0.25) is 0 Å². The number of carbonyl (C=O) groups is 1. The molecular formula is C12H11N3O5S2. The average Bonchev–Trinajstić information content (AvgIpc) is 2.79. The van der Waals surface area contributed by atoms with Crippen LogP contribution in [0, 0.1) is 17.0 Å². The third-order valence-corrected chi connectivity index (χ3v) is 5.38. The Bertz CT molecular complexity index is 857. The summed E-state index contributed by atoms with van der Waals surface area (Å²) in [5, 5.41) is 10.9. The summed E-state index contributed by atoms with van der Waals surface area (Å²) in [6.07, 6.45) is 0. The number of ketones is 1. The number of hydrogen-bond donors (Lipinski definition) is 1. The van der Waals surface area contributed by atoms with Gasteiger partial charge in [0.05, 0.1) is 15.5 Å². The molecule has 0 radical (unpaired) electrons. The van der Waals surface area contributed by atoms with Crippen molar-refractivity contribution in [1.82, 2.24) is 4.98 Å². The molecule has 10 heteroatoms. The quantitative estimate of drug-likeness (QED) is 0.506. The molecule has 0 bridgehead atoms. The second-order valence-electron chi connectivity index (χ2n) is 4.32. The number of carbonyl (C=O) groups excluding carboxylic acids is 1. The standard InChI is InChI=1S/C12H11N3O5S2/c1-7-11(8(2)16)21-12(13-7)14-22(19,20)10-6-4-3-5-9(10)15(17)18/h3-6H,1-2H3,(H,13,14). The van der Waals surface area contributed by atoms with Crippen LogP contribution in [0.25, 0.3) is 0 Å². The lowest BCUT2D eigenvalue weighted by molar-refractivity contribution is -0.387. The summed E-state index contributed by atoms with van der Waals surface area (Å²) in [7, 11) is -4.17. The summed E-state index contributed by atoms with van der Waals surface area (Å²) < 4.78 is 26.7. The van der Waals surface area contributed by atoms with E-state index in [1.165, 1.54) is 19.1 Å². The van der Waals surface area contributed by atoms with Gasteiger partial charge in [-0.1, -0.05) is 23.5 Å². The number of nitro benzene ring substituents is 1. The molecule has 1 aromatic carbocycles. The molecule has 8 nitrogen and oxygen atoms in total. The Morgan fingerprint density at radius 3 is 2.55 bits per heavy atom. The maximum atomic E-state index is 12.3. The summed E-state index contributed by atoms with van der Waals surface area (Å²) in [6, 6.07) is 4.99. The molecule has 0 saturated carbocycles. The summed E-state index contributed by atoms with van der Waals surface area (Å²) in [6.45, 7) is 2.93. The van der Waals surface area contributed by atoms with Crippen molar-refractivity contribution in [3.05, 3.63) is 45.0 Å². The van der Waals surface area contributed by atoms with Gasteiger partial charge in [-0.3, -0.25) is 19.6 Å². The Morgan fingerprint density at radius 1 is 1.36 bits per heavy atom. The van der Waals surface area contributed by atoms with Gasteiger partial charge in [-0.15, -0.1) is 0 Å². The Labute approximate surface area is 130 Å². The molecule has 2 rings (SSSR count). The fourth-order valence-electron chi connectivity index (χ4n) is 1.77. The van der Waals surface area contributed by atoms with Crippen LogP contribution in [-0.4, -0.2) is 24.1 Å². The van der Waals surface area contributed by atoms with E-state index >= 15 is 0 Å². The van der Waals surface area contributed by atoms with Crippen molar-refractivity contribution < 1.29 is 18.1 Å². The third kappa shape index (κ3) is 3.12. The summed E-state index contributed by atoms with van der Waals surface area (Å²) in [4.78, 5) is 25.3. The number of sulfonamides is 1. The van der Waals surface area contributed by atoms with Gasteiger partial charge in [0.15, 0.2) is 15.8 Å². The number of aromatic nitrogens is 1. The van der Waals surface area contributed by atoms with Crippen molar-refractivity contribution in [3.63, 3.8) is 0 Å². The number of Topliss-reactive ketones (excluding diaryl/α,β-unsaturated/α-hetero) is 1. The van der Waals surface area contributed by atoms with Crippen LogP contribution < -0.4 is 4.72 Å². The molecule has 22 heavy (non-hydrogen) atoms. The number of nitrogens with one attached hydrogen (secondary N) is 1. The minimum atomic E-state index is -4.17. The highest BCUT2D eigenvalue weighted by Crippen LogP contribution is 2.28. The first kappa shape index (κ1) is 16.0. The molecule has 0 unspecified atom stereocenters. The van der Waals surface area contributed by atoms with Crippen LogP contribution in [0.4, 0.5) is 10.8 Å². The first-order chi connectivity index (χ1) is 10.2. The number of rotatable bonds is 5. The first-order valence-corrected chi connectivity index (χ1v) is 8.27. The van der Waals surface area contributed by atoms with Crippen molar-refractivity contribution in [2.45, 2.75) is 18.7 Å². The Kier molecular flexibility index (Phi) is 4.24. The number of benzene rings is 1. The van der Waals surface area contributed by atoms with E-state index in [0.717, 1.165) is 23.5 Å². The topological polar surface area (TPSA) is 119 Å². The van der Waals surface area contributed by atoms with Gasteiger partial charge in [0.2, 0.25) is 0 Å². The number of thiazole rings is 1. The maximum absolute atomic E-state index is 12.3. The zero-order valence-corrected chi connectivity index (χ0v) is 13.2. The highest BCUT2D eigenvalue weighted by Gasteiger charge is 2.26. The Balaban J connectivity index is 2.43. The largest absolute Gasteiger partial charge is 0.294 e. The lowest BCUT2D eigenvalue weighted by Gasteiger charge is -2.05. The minimum absolute atomic E-state index is 0.0131. The zero-order chi connectivity index (χ0) is 16.5. The van der Waals surface area contributed by atoms with Crippen LogP contribution >= 0.6 is 11.3 Å². The molecular weight excluding hydrogens is 330 g/mol. The van der Waals surface area contributed by atoms with Crippen LogP contribution in [0.15, 0.2) is 29.2 Å². The van der Waals surface area contributed by atoms with E-state index in [-0.39, 0.29) is 10.9 Å². The molecule has 116 valence electrons. The molecule has 1 heterocycles. The van der Waals surface area contributed by atoms with Crippen molar-refractivity contribution in [2.75, 3.05) is 4.72 Å². The van der Waals surface area contributed by atoms with Gasteiger partial charge in [0.1, 0.15) is 0 Å². The van der Waals surface area contributed by atoms with Crippen LogP contribution in [0.1, 0.15) is 22.3 Å². The molecule has 0 aliphatic carbocycles. The Hall–Kier alpha value is -2.33. The van der Waals surface area contributed by atoms with Crippen molar-refractivity contribution in [1.29, 1.82) is 0 Å². The molecule has 0 aliphatic heterocycles. The average molecular weight is 341 g/mol. The summed E-state index contributed by atoms with van der Waals surface area (Å²) in [5.74, 6) is -0.230. The molecule has 0 spiro atoms. The molecule has 0 amide bonds. The van der Waals surface area contributed by atoms with Crippen molar-refractivity contribution in [3.8, 4) is 0 Å². The van der Waals surface area contributed by atoms with E-state index in [9.17, 15) is 23.3 Å². The molecule has 1 aromatic heterocycles. The van der Waals surface area contributed by atoms with Gasteiger partial charge in [-0.05, 0) is 13.0 Å². The lowest BCUT2D eigenvalue weighted by atomic mass is 10.3. The van der Waals surface area contributed by atoms with Gasteiger partial charge in [-0.2, -0.15) is 0 Å².